The van der Waals surface area contributed by atoms with E-state index in [-0.39, 0.29) is 0 Å². The minimum atomic E-state index is 0.655. The first kappa shape index (κ1) is 9.33. The molecule has 14 heavy (non-hydrogen) atoms. The van der Waals surface area contributed by atoms with Crippen LogP contribution in [0.1, 0.15) is 18.9 Å². The van der Waals surface area contributed by atoms with E-state index in [9.17, 15) is 0 Å². The third-order valence-electron chi connectivity index (χ3n) is 2.86. The standard InChI is InChI=1S/C13H15B/c1-10-6-5-9-12(14)13(10)11-7-3-2-4-8-11/h2-5,7-10H,6,14H2,1H3. The van der Waals surface area contributed by atoms with Gasteiger partial charge >= 0.3 is 0 Å². The summed E-state index contributed by atoms with van der Waals surface area (Å²) in [4.78, 5) is 0. The van der Waals surface area contributed by atoms with E-state index in [0.717, 1.165) is 0 Å². The van der Waals surface area contributed by atoms with Crippen molar-refractivity contribution in [2.24, 2.45) is 5.92 Å². The summed E-state index contributed by atoms with van der Waals surface area (Å²) in [7, 11) is 2.20. The lowest BCUT2D eigenvalue weighted by atomic mass is 9.77. The van der Waals surface area contributed by atoms with Gasteiger partial charge in [-0.25, -0.2) is 0 Å². The Kier molecular flexibility index (Phi) is 2.58. The largest absolute Gasteiger partial charge is 0.139 e. The topological polar surface area (TPSA) is 0 Å². The summed E-state index contributed by atoms with van der Waals surface area (Å²) in [5.74, 6) is 0.655. The summed E-state index contributed by atoms with van der Waals surface area (Å²) in [6, 6.07) is 10.7. The maximum Gasteiger partial charge on any atom is 0.139 e. The highest BCUT2D eigenvalue weighted by molar-refractivity contribution is 6.27. The quantitative estimate of drug-likeness (QED) is 0.585. The molecular weight excluding hydrogens is 167 g/mol. The molecule has 0 aliphatic heterocycles. The average molecular weight is 182 g/mol. The minimum Gasteiger partial charge on any atom is -0.0853 e. The van der Waals surface area contributed by atoms with Crippen molar-refractivity contribution in [3.8, 4) is 0 Å². The summed E-state index contributed by atoms with van der Waals surface area (Å²) >= 11 is 0. The highest BCUT2D eigenvalue weighted by Gasteiger charge is 2.14. The third kappa shape index (κ3) is 1.67. The lowest BCUT2D eigenvalue weighted by Crippen LogP contribution is -2.04. The lowest BCUT2D eigenvalue weighted by Gasteiger charge is -2.21. The summed E-state index contributed by atoms with van der Waals surface area (Å²) in [6.07, 6.45) is 5.68. The van der Waals surface area contributed by atoms with Gasteiger partial charge in [-0.1, -0.05) is 54.9 Å². The van der Waals surface area contributed by atoms with E-state index in [1.54, 1.807) is 0 Å². The molecule has 1 aromatic rings. The van der Waals surface area contributed by atoms with Crippen LogP contribution in [0.5, 0.6) is 0 Å². The van der Waals surface area contributed by atoms with E-state index >= 15 is 0 Å². The molecule has 1 aliphatic carbocycles. The van der Waals surface area contributed by atoms with Gasteiger partial charge in [0.2, 0.25) is 0 Å². The first-order valence-electron chi connectivity index (χ1n) is 5.22. The van der Waals surface area contributed by atoms with E-state index in [1.807, 2.05) is 0 Å². The average Bonchev–Trinajstić information content (AvgIpc) is 2.19. The van der Waals surface area contributed by atoms with E-state index in [4.69, 9.17) is 0 Å². The molecule has 0 saturated carbocycles. The molecule has 70 valence electrons. The van der Waals surface area contributed by atoms with Crippen LogP contribution in [0.2, 0.25) is 0 Å². The predicted octanol–water partition coefficient (Wildman–Crippen LogP) is 2.63. The van der Waals surface area contributed by atoms with Crippen LogP contribution < -0.4 is 0 Å². The molecular formula is C13H15B. The second-order valence-corrected chi connectivity index (χ2v) is 4.00. The van der Waals surface area contributed by atoms with E-state index in [2.05, 4.69) is 57.3 Å². The Bertz CT molecular complexity index is 373. The highest BCUT2D eigenvalue weighted by Crippen LogP contribution is 2.31. The number of rotatable bonds is 1. The van der Waals surface area contributed by atoms with E-state index in [0.29, 0.717) is 5.92 Å². The van der Waals surface area contributed by atoms with Gasteiger partial charge in [0.15, 0.2) is 0 Å². The predicted molar refractivity (Wildman–Crippen MR) is 64.8 cm³/mol. The van der Waals surface area contributed by atoms with Gasteiger partial charge in [-0.3, -0.25) is 0 Å². The fourth-order valence-corrected chi connectivity index (χ4v) is 2.18. The van der Waals surface area contributed by atoms with Crippen molar-refractivity contribution < 1.29 is 0 Å². The van der Waals surface area contributed by atoms with Gasteiger partial charge in [0.1, 0.15) is 7.85 Å². The van der Waals surface area contributed by atoms with Gasteiger partial charge in [-0.15, -0.1) is 0 Å². The maximum absolute atomic E-state index is 2.30. The molecule has 1 aliphatic rings. The molecule has 2 rings (SSSR count). The molecule has 0 spiro atoms. The Morgan fingerprint density at radius 3 is 2.57 bits per heavy atom. The van der Waals surface area contributed by atoms with E-state index < -0.39 is 0 Å². The zero-order valence-corrected chi connectivity index (χ0v) is 8.83. The first-order chi connectivity index (χ1) is 6.79. The zero-order chi connectivity index (χ0) is 9.97. The van der Waals surface area contributed by atoms with Gasteiger partial charge in [-0.05, 0) is 23.5 Å². The molecule has 0 amide bonds. The van der Waals surface area contributed by atoms with Crippen molar-refractivity contribution >= 4 is 13.4 Å². The number of benzene rings is 1. The van der Waals surface area contributed by atoms with Crippen molar-refractivity contribution in [2.45, 2.75) is 13.3 Å². The van der Waals surface area contributed by atoms with Crippen LogP contribution in [0, 0.1) is 5.92 Å². The minimum absolute atomic E-state index is 0.655. The molecule has 0 saturated heterocycles. The molecule has 1 unspecified atom stereocenters. The monoisotopic (exact) mass is 182 g/mol. The summed E-state index contributed by atoms with van der Waals surface area (Å²) in [6.45, 7) is 2.30. The SMILES string of the molecule is BC1=C(c2ccccc2)C(C)CC=C1. The first-order valence-corrected chi connectivity index (χ1v) is 5.22. The van der Waals surface area contributed by atoms with Crippen LogP contribution in [0.15, 0.2) is 48.0 Å². The third-order valence-corrected chi connectivity index (χ3v) is 2.86. The van der Waals surface area contributed by atoms with Crippen molar-refractivity contribution in [2.75, 3.05) is 0 Å². The summed E-state index contributed by atoms with van der Waals surface area (Å²) in [5, 5.41) is 0. The molecule has 0 aromatic heterocycles. The van der Waals surface area contributed by atoms with Gasteiger partial charge in [-0.2, -0.15) is 0 Å². The molecule has 0 fully saturated rings. The molecule has 0 heterocycles. The fraction of sp³-hybridized carbons (Fsp3) is 0.231. The Balaban J connectivity index is 2.46. The van der Waals surface area contributed by atoms with Crippen molar-refractivity contribution in [1.29, 1.82) is 0 Å². The molecule has 1 heteroatoms. The normalized spacial score (nSPS) is 21.4. The van der Waals surface area contributed by atoms with Gasteiger partial charge < -0.3 is 0 Å². The molecule has 0 bridgehead atoms. The van der Waals surface area contributed by atoms with Gasteiger partial charge in [0.05, 0.1) is 0 Å². The van der Waals surface area contributed by atoms with Crippen molar-refractivity contribution in [3.05, 3.63) is 53.5 Å². The second kappa shape index (κ2) is 3.87. The number of hydrogen-bond acceptors (Lipinski definition) is 0. The second-order valence-electron chi connectivity index (χ2n) is 4.00. The molecule has 1 aromatic carbocycles. The Morgan fingerprint density at radius 2 is 1.93 bits per heavy atom. The fourth-order valence-electron chi connectivity index (χ4n) is 2.18. The van der Waals surface area contributed by atoms with Gasteiger partial charge in [0, 0.05) is 0 Å². The van der Waals surface area contributed by atoms with Crippen LogP contribution in [-0.2, 0) is 0 Å². The van der Waals surface area contributed by atoms with E-state index in [1.165, 1.54) is 23.0 Å². The lowest BCUT2D eigenvalue weighted by molar-refractivity contribution is 0.757. The molecule has 1 atom stereocenters. The van der Waals surface area contributed by atoms with Crippen molar-refractivity contribution in [1.82, 2.24) is 0 Å². The van der Waals surface area contributed by atoms with Crippen LogP contribution in [0.25, 0.3) is 5.57 Å². The molecule has 0 nitrogen and oxygen atoms in total. The molecule has 0 N–H and O–H groups in total. The Labute approximate surface area is 86.8 Å². The van der Waals surface area contributed by atoms with Crippen LogP contribution in [-0.4, -0.2) is 7.85 Å². The molecule has 0 radical (unpaired) electrons. The number of hydrogen-bond donors (Lipinski definition) is 0. The number of allylic oxidation sites excluding steroid dienone is 4. The summed E-state index contributed by atoms with van der Waals surface area (Å²) < 4.78 is 0. The van der Waals surface area contributed by atoms with Crippen LogP contribution >= 0.6 is 0 Å². The maximum atomic E-state index is 2.30. The Morgan fingerprint density at radius 1 is 1.21 bits per heavy atom. The van der Waals surface area contributed by atoms with Crippen molar-refractivity contribution in [3.63, 3.8) is 0 Å². The zero-order valence-electron chi connectivity index (χ0n) is 8.83. The Hall–Kier alpha value is -1.24. The highest BCUT2D eigenvalue weighted by atomic mass is 14.2. The van der Waals surface area contributed by atoms with Crippen LogP contribution in [0.3, 0.4) is 0 Å². The van der Waals surface area contributed by atoms with Crippen LogP contribution in [0.4, 0.5) is 0 Å². The van der Waals surface area contributed by atoms with Gasteiger partial charge in [0.25, 0.3) is 0 Å². The summed E-state index contributed by atoms with van der Waals surface area (Å²) in [5.41, 5.74) is 4.30. The smallest absolute Gasteiger partial charge is 0.0853 e.